The monoisotopic (exact) mass is 327 g/mol. The third kappa shape index (κ3) is 2.47. The van der Waals surface area contributed by atoms with Gasteiger partial charge in [-0.3, -0.25) is 9.69 Å². The molecule has 0 saturated heterocycles. The van der Waals surface area contributed by atoms with Gasteiger partial charge >= 0.3 is 5.97 Å². The first-order chi connectivity index (χ1) is 11.4. The maximum absolute atomic E-state index is 13.0. The van der Waals surface area contributed by atoms with E-state index in [-0.39, 0.29) is 17.9 Å². The zero-order valence-corrected chi connectivity index (χ0v) is 13.6. The Balaban J connectivity index is 2.31. The van der Waals surface area contributed by atoms with Crippen molar-refractivity contribution in [2.75, 3.05) is 4.90 Å². The van der Waals surface area contributed by atoms with E-state index < -0.39 is 17.9 Å². The summed E-state index contributed by atoms with van der Waals surface area (Å²) in [5, 5.41) is 17.2. The number of carbonyl (C=O) groups excluding carboxylic acids is 1. The van der Waals surface area contributed by atoms with Gasteiger partial charge in [-0.1, -0.05) is 13.0 Å². The van der Waals surface area contributed by atoms with Crippen molar-refractivity contribution in [3.05, 3.63) is 41.1 Å². The lowest BCUT2D eigenvalue weighted by Crippen LogP contribution is -2.44. The molecule has 7 heteroatoms. The highest BCUT2D eigenvalue weighted by atomic mass is 16.5. The van der Waals surface area contributed by atoms with Gasteiger partial charge in [0, 0.05) is 0 Å². The lowest BCUT2D eigenvalue weighted by molar-refractivity contribution is -0.138. The van der Waals surface area contributed by atoms with Crippen molar-refractivity contribution >= 4 is 17.6 Å². The van der Waals surface area contributed by atoms with E-state index in [0.717, 1.165) is 11.1 Å². The molecule has 124 valence electrons. The van der Waals surface area contributed by atoms with Gasteiger partial charge in [0.15, 0.2) is 5.75 Å². The number of rotatable bonds is 3. The molecule has 2 heterocycles. The predicted molar refractivity (Wildman–Crippen MR) is 86.5 cm³/mol. The van der Waals surface area contributed by atoms with Crippen molar-refractivity contribution in [1.29, 1.82) is 0 Å². The molecular formula is C17H17N3O4. The minimum absolute atomic E-state index is 0.0819. The minimum atomic E-state index is -1.07. The normalized spacial score (nSPS) is 14.3. The lowest BCUT2D eigenvalue weighted by Gasteiger charge is -2.28. The second kappa shape index (κ2) is 5.92. The fraction of sp³-hybridized carbons (Fsp3) is 0.294. The van der Waals surface area contributed by atoms with Crippen molar-refractivity contribution in [1.82, 2.24) is 10.2 Å². The van der Waals surface area contributed by atoms with E-state index in [2.05, 4.69) is 10.2 Å². The Morgan fingerprint density at radius 2 is 2.12 bits per heavy atom. The first-order valence-corrected chi connectivity index (χ1v) is 7.61. The van der Waals surface area contributed by atoms with Crippen LogP contribution < -0.4 is 9.64 Å². The van der Waals surface area contributed by atoms with E-state index in [0.29, 0.717) is 11.4 Å². The number of carboxylic acid groups (broad SMARTS) is 1. The molecule has 3 rings (SSSR count). The zero-order chi connectivity index (χ0) is 17.4. The summed E-state index contributed by atoms with van der Waals surface area (Å²) >= 11 is 0. The van der Waals surface area contributed by atoms with Crippen molar-refractivity contribution in [3.63, 3.8) is 0 Å². The van der Waals surface area contributed by atoms with Crippen LogP contribution in [0.3, 0.4) is 0 Å². The molecule has 1 atom stereocenters. The van der Waals surface area contributed by atoms with E-state index >= 15 is 0 Å². The largest absolute Gasteiger partial charge is 0.480 e. The van der Waals surface area contributed by atoms with Gasteiger partial charge in [0.2, 0.25) is 0 Å². The Hall–Kier alpha value is -2.96. The average molecular weight is 327 g/mol. The minimum Gasteiger partial charge on any atom is -0.480 e. The summed E-state index contributed by atoms with van der Waals surface area (Å²) in [5.41, 5.74) is 2.33. The number of anilines is 1. The summed E-state index contributed by atoms with van der Waals surface area (Å²) in [4.78, 5) is 26.0. The van der Waals surface area contributed by atoms with Crippen LogP contribution in [-0.4, -0.2) is 33.2 Å². The summed E-state index contributed by atoms with van der Waals surface area (Å²) < 4.78 is 5.83. The average Bonchev–Trinajstić information content (AvgIpc) is 2.65. The van der Waals surface area contributed by atoms with Gasteiger partial charge in [0.25, 0.3) is 11.8 Å². The standard InChI is InChI=1S/C17H17N3O4/c1-4-12(17(22)23)20-13-8-9(2)7-10(3)14(13)24-15-11(16(20)21)5-6-18-19-15/h5-8,12H,4H2,1-3H3,(H,22,23). The number of carbonyl (C=O) groups is 2. The number of hydrogen-bond acceptors (Lipinski definition) is 5. The molecular weight excluding hydrogens is 310 g/mol. The van der Waals surface area contributed by atoms with Crippen LogP contribution in [0.15, 0.2) is 24.4 Å². The third-order valence-corrected chi connectivity index (χ3v) is 3.98. The van der Waals surface area contributed by atoms with Gasteiger partial charge in [0.05, 0.1) is 11.9 Å². The maximum atomic E-state index is 13.0. The Bertz CT molecular complexity index is 835. The van der Waals surface area contributed by atoms with Crippen LogP contribution in [0.5, 0.6) is 11.6 Å². The topological polar surface area (TPSA) is 92.6 Å². The molecule has 1 N–H and O–H groups in total. The molecule has 24 heavy (non-hydrogen) atoms. The second-order valence-electron chi connectivity index (χ2n) is 5.72. The molecule has 1 aromatic heterocycles. The number of amides is 1. The number of benzene rings is 1. The molecule has 1 aliphatic heterocycles. The second-order valence-corrected chi connectivity index (χ2v) is 5.72. The Labute approximate surface area is 138 Å². The maximum Gasteiger partial charge on any atom is 0.326 e. The quantitative estimate of drug-likeness (QED) is 0.932. The molecule has 0 aliphatic carbocycles. The molecule has 0 saturated carbocycles. The van der Waals surface area contributed by atoms with E-state index in [1.165, 1.54) is 17.2 Å². The van der Waals surface area contributed by atoms with Gasteiger partial charge in [-0.25, -0.2) is 4.79 Å². The summed E-state index contributed by atoms with van der Waals surface area (Å²) in [6.07, 6.45) is 1.65. The zero-order valence-electron chi connectivity index (χ0n) is 13.6. The van der Waals surface area contributed by atoms with Crippen molar-refractivity contribution < 1.29 is 19.4 Å². The smallest absolute Gasteiger partial charge is 0.326 e. The van der Waals surface area contributed by atoms with Crippen LogP contribution in [0.2, 0.25) is 0 Å². The van der Waals surface area contributed by atoms with E-state index in [1.54, 1.807) is 13.0 Å². The highest BCUT2D eigenvalue weighted by Gasteiger charge is 2.37. The third-order valence-electron chi connectivity index (χ3n) is 3.98. The van der Waals surface area contributed by atoms with E-state index in [1.807, 2.05) is 19.9 Å². The number of ether oxygens (including phenoxy) is 1. The summed E-state index contributed by atoms with van der Waals surface area (Å²) in [5.74, 6) is -1.02. The molecule has 7 nitrogen and oxygen atoms in total. The van der Waals surface area contributed by atoms with Gasteiger partial charge in [0.1, 0.15) is 11.6 Å². The lowest BCUT2D eigenvalue weighted by atomic mass is 10.1. The van der Waals surface area contributed by atoms with Gasteiger partial charge in [-0.15, -0.1) is 5.10 Å². The number of aliphatic carboxylic acids is 1. The highest BCUT2D eigenvalue weighted by Crippen LogP contribution is 2.42. The fourth-order valence-corrected chi connectivity index (χ4v) is 2.91. The number of hydrogen-bond donors (Lipinski definition) is 1. The van der Waals surface area contributed by atoms with Gasteiger partial charge in [-0.05, 0) is 43.5 Å². The molecule has 0 spiro atoms. The van der Waals surface area contributed by atoms with Crippen LogP contribution in [0, 0.1) is 13.8 Å². The Morgan fingerprint density at radius 1 is 1.38 bits per heavy atom. The molecule has 1 unspecified atom stereocenters. The molecule has 2 aromatic rings. The Kier molecular flexibility index (Phi) is 3.92. The van der Waals surface area contributed by atoms with Crippen LogP contribution in [0.25, 0.3) is 0 Å². The molecule has 0 bridgehead atoms. The van der Waals surface area contributed by atoms with Crippen molar-refractivity contribution in [2.45, 2.75) is 33.2 Å². The molecule has 0 fully saturated rings. The Morgan fingerprint density at radius 3 is 2.79 bits per heavy atom. The van der Waals surface area contributed by atoms with E-state index in [9.17, 15) is 14.7 Å². The number of aromatic nitrogens is 2. The molecule has 1 amide bonds. The van der Waals surface area contributed by atoms with Crippen molar-refractivity contribution in [2.24, 2.45) is 0 Å². The highest BCUT2D eigenvalue weighted by molar-refractivity contribution is 6.12. The summed E-state index contributed by atoms with van der Waals surface area (Å²) in [6, 6.07) is 4.15. The fourth-order valence-electron chi connectivity index (χ4n) is 2.91. The predicted octanol–water partition coefficient (Wildman–Crippen LogP) is 2.71. The molecule has 1 aromatic carbocycles. The SMILES string of the molecule is CCC(C(=O)O)N1C(=O)c2ccnnc2Oc2c(C)cc(C)cc21. The van der Waals surface area contributed by atoms with Crippen LogP contribution in [0.4, 0.5) is 5.69 Å². The number of carboxylic acids is 1. The number of fused-ring (bicyclic) bond motifs is 2. The van der Waals surface area contributed by atoms with E-state index in [4.69, 9.17) is 4.74 Å². The first-order valence-electron chi connectivity index (χ1n) is 7.61. The number of aryl methyl sites for hydroxylation is 2. The summed E-state index contributed by atoms with van der Waals surface area (Å²) in [7, 11) is 0. The van der Waals surface area contributed by atoms with Gasteiger partial charge in [-0.2, -0.15) is 5.10 Å². The number of nitrogens with zero attached hydrogens (tertiary/aromatic N) is 3. The summed E-state index contributed by atoms with van der Waals surface area (Å²) in [6.45, 7) is 5.46. The van der Waals surface area contributed by atoms with Crippen LogP contribution in [-0.2, 0) is 4.79 Å². The first kappa shape index (κ1) is 15.9. The van der Waals surface area contributed by atoms with Gasteiger partial charge < -0.3 is 9.84 Å². The molecule has 1 aliphatic rings. The molecule has 0 radical (unpaired) electrons. The van der Waals surface area contributed by atoms with Crippen molar-refractivity contribution in [3.8, 4) is 11.6 Å². The van der Waals surface area contributed by atoms with Crippen LogP contribution >= 0.6 is 0 Å². The van der Waals surface area contributed by atoms with Crippen LogP contribution in [0.1, 0.15) is 34.8 Å².